The van der Waals surface area contributed by atoms with E-state index in [0.29, 0.717) is 22.9 Å². The number of nitrogens with one attached hydrogen (secondary N) is 2. The Labute approximate surface area is 165 Å². The molecule has 0 bridgehead atoms. The fourth-order valence-corrected chi connectivity index (χ4v) is 3.32. The van der Waals surface area contributed by atoms with Gasteiger partial charge in [0, 0.05) is 23.6 Å². The molecule has 1 aromatic heterocycles. The van der Waals surface area contributed by atoms with E-state index < -0.39 is 11.8 Å². The lowest BCUT2D eigenvalue weighted by Crippen LogP contribution is -2.42. The van der Waals surface area contributed by atoms with Gasteiger partial charge in [0.15, 0.2) is 0 Å². The molecule has 0 atom stereocenters. The van der Waals surface area contributed by atoms with Crippen LogP contribution in [0.15, 0.2) is 53.9 Å². The number of methoxy groups -OCH3 is 1. The van der Waals surface area contributed by atoms with Crippen molar-refractivity contribution in [2.75, 3.05) is 7.11 Å². The van der Waals surface area contributed by atoms with Gasteiger partial charge < -0.3 is 4.74 Å². The molecule has 3 rings (SSSR count). The normalized spacial score (nSPS) is 10.5. The zero-order valence-corrected chi connectivity index (χ0v) is 15.9. The van der Waals surface area contributed by atoms with Crippen molar-refractivity contribution in [3.8, 4) is 10.6 Å². The molecule has 0 aliphatic heterocycles. The Morgan fingerprint density at radius 3 is 2.68 bits per heavy atom. The summed E-state index contributed by atoms with van der Waals surface area (Å²) in [5.41, 5.74) is 7.40. The summed E-state index contributed by atoms with van der Waals surface area (Å²) in [6.07, 6.45) is 0.0156. The lowest BCUT2D eigenvalue weighted by Gasteiger charge is -2.08. The number of benzene rings is 2. The fourth-order valence-electron chi connectivity index (χ4n) is 2.49. The first kappa shape index (κ1) is 19.7. The number of amides is 2. The molecule has 144 valence electrons. The molecule has 2 aromatic carbocycles. The lowest BCUT2D eigenvalue weighted by atomic mass is 10.1. The van der Waals surface area contributed by atoms with Crippen molar-refractivity contribution in [1.82, 2.24) is 15.8 Å². The molecule has 3 aromatic rings. The Morgan fingerprint density at radius 2 is 1.93 bits per heavy atom. The van der Waals surface area contributed by atoms with Gasteiger partial charge >= 0.3 is 0 Å². The molecular weight excluding hydrogens is 381 g/mol. The van der Waals surface area contributed by atoms with Gasteiger partial charge in [0.1, 0.15) is 10.8 Å². The zero-order valence-electron chi connectivity index (χ0n) is 15.1. The van der Waals surface area contributed by atoms with E-state index in [1.165, 1.54) is 23.5 Å². The number of hydrogen-bond acceptors (Lipinski definition) is 5. The summed E-state index contributed by atoms with van der Waals surface area (Å²) in [6, 6.07) is 12.9. The molecule has 1 heterocycles. The van der Waals surface area contributed by atoms with Crippen LogP contribution in [0.4, 0.5) is 4.39 Å². The first-order valence-electron chi connectivity index (χ1n) is 8.42. The predicted octanol–water partition coefficient (Wildman–Crippen LogP) is 3.10. The number of ether oxygens (including phenoxy) is 1. The molecule has 0 aliphatic rings. The maximum absolute atomic E-state index is 13.0. The molecule has 2 N–H and O–H groups in total. The van der Waals surface area contributed by atoms with Crippen molar-refractivity contribution in [1.29, 1.82) is 0 Å². The number of aromatic nitrogens is 1. The minimum absolute atomic E-state index is 0.0156. The number of carbonyl (C=O) groups is 2. The Morgan fingerprint density at radius 1 is 1.14 bits per heavy atom. The van der Waals surface area contributed by atoms with Crippen LogP contribution in [0.2, 0.25) is 0 Å². The highest BCUT2D eigenvalue weighted by Gasteiger charge is 2.11. The van der Waals surface area contributed by atoms with Crippen molar-refractivity contribution < 1.29 is 18.7 Å². The molecule has 0 saturated carbocycles. The second kappa shape index (κ2) is 9.20. The molecule has 2 amide bonds. The van der Waals surface area contributed by atoms with Gasteiger partial charge in [0.05, 0.1) is 18.7 Å². The van der Waals surface area contributed by atoms with Gasteiger partial charge in [0.25, 0.3) is 5.91 Å². The van der Waals surface area contributed by atoms with Crippen LogP contribution in [-0.2, 0) is 22.6 Å². The van der Waals surface area contributed by atoms with E-state index in [-0.39, 0.29) is 12.2 Å². The second-order valence-corrected chi connectivity index (χ2v) is 6.82. The third kappa shape index (κ3) is 5.21. The summed E-state index contributed by atoms with van der Waals surface area (Å²) in [7, 11) is 1.58. The highest BCUT2D eigenvalue weighted by atomic mass is 32.1. The Hall–Kier alpha value is -3.10. The summed E-state index contributed by atoms with van der Waals surface area (Å²) in [5, 5.41) is 2.45. The predicted molar refractivity (Wildman–Crippen MR) is 104 cm³/mol. The maximum Gasteiger partial charge on any atom is 0.269 e. The summed E-state index contributed by atoms with van der Waals surface area (Å²) >= 11 is 1.37. The maximum atomic E-state index is 13.0. The monoisotopic (exact) mass is 399 g/mol. The van der Waals surface area contributed by atoms with Gasteiger partial charge in [-0.05, 0) is 42.0 Å². The first-order valence-corrected chi connectivity index (χ1v) is 9.30. The van der Waals surface area contributed by atoms with Gasteiger partial charge in [-0.3, -0.25) is 20.4 Å². The quantitative estimate of drug-likeness (QED) is 0.624. The van der Waals surface area contributed by atoms with Crippen LogP contribution in [0.1, 0.15) is 21.6 Å². The largest absolute Gasteiger partial charge is 0.380 e. The number of rotatable bonds is 6. The smallest absolute Gasteiger partial charge is 0.269 e. The van der Waals surface area contributed by atoms with Crippen molar-refractivity contribution in [2.45, 2.75) is 13.0 Å². The van der Waals surface area contributed by atoms with E-state index in [0.717, 1.165) is 11.1 Å². The van der Waals surface area contributed by atoms with Crippen molar-refractivity contribution in [2.24, 2.45) is 0 Å². The highest BCUT2D eigenvalue weighted by Crippen LogP contribution is 2.24. The van der Waals surface area contributed by atoms with Crippen molar-refractivity contribution in [3.05, 3.63) is 76.5 Å². The molecule has 6 nitrogen and oxygen atoms in total. The summed E-state index contributed by atoms with van der Waals surface area (Å²) in [5.74, 6) is -1.13. The van der Waals surface area contributed by atoms with E-state index in [1.54, 1.807) is 42.8 Å². The Bertz CT molecular complexity index is 973. The molecule has 0 saturated heterocycles. The molecule has 28 heavy (non-hydrogen) atoms. The van der Waals surface area contributed by atoms with E-state index >= 15 is 0 Å². The molecule has 0 aliphatic carbocycles. The van der Waals surface area contributed by atoms with Crippen LogP contribution < -0.4 is 10.9 Å². The first-order chi connectivity index (χ1) is 13.5. The van der Waals surface area contributed by atoms with Gasteiger partial charge in [-0.25, -0.2) is 9.37 Å². The molecule has 8 heteroatoms. The molecular formula is C20H18FN3O3S. The van der Waals surface area contributed by atoms with Gasteiger partial charge in [0.2, 0.25) is 5.91 Å². The minimum Gasteiger partial charge on any atom is -0.380 e. The average Bonchev–Trinajstić information content (AvgIpc) is 3.15. The van der Waals surface area contributed by atoms with Gasteiger partial charge in [-0.1, -0.05) is 12.1 Å². The standard InChI is InChI=1S/C20H18FN3O3S/c1-27-11-13-3-2-4-15(9-13)19(26)24-23-18(25)10-17-12-28-20(22-17)14-5-7-16(21)8-6-14/h2-9,12H,10-11H2,1H3,(H,23,25)(H,24,26). The van der Waals surface area contributed by atoms with E-state index in [4.69, 9.17) is 4.74 Å². The van der Waals surface area contributed by atoms with E-state index in [1.807, 2.05) is 6.07 Å². The Kier molecular flexibility index (Phi) is 6.46. The summed E-state index contributed by atoms with van der Waals surface area (Å²) in [6.45, 7) is 0.397. The summed E-state index contributed by atoms with van der Waals surface area (Å²) < 4.78 is 18.0. The van der Waals surface area contributed by atoms with Crippen molar-refractivity contribution >= 4 is 23.2 Å². The summed E-state index contributed by atoms with van der Waals surface area (Å²) in [4.78, 5) is 28.6. The number of thiazole rings is 1. The van der Waals surface area contributed by atoms with Crippen molar-refractivity contribution in [3.63, 3.8) is 0 Å². The molecule has 0 unspecified atom stereocenters. The topological polar surface area (TPSA) is 80.3 Å². The fraction of sp³-hybridized carbons (Fsp3) is 0.150. The second-order valence-electron chi connectivity index (χ2n) is 5.96. The lowest BCUT2D eigenvalue weighted by molar-refractivity contribution is -0.121. The van der Waals surface area contributed by atoms with Crippen LogP contribution in [-0.4, -0.2) is 23.9 Å². The van der Waals surface area contributed by atoms with Crippen LogP contribution in [0.25, 0.3) is 10.6 Å². The average molecular weight is 399 g/mol. The molecule has 0 spiro atoms. The number of carbonyl (C=O) groups excluding carboxylic acids is 2. The van der Waals surface area contributed by atoms with Crippen LogP contribution >= 0.6 is 11.3 Å². The number of hydrazine groups is 1. The number of halogens is 1. The Balaban J connectivity index is 1.54. The molecule has 0 radical (unpaired) electrons. The van der Waals surface area contributed by atoms with Gasteiger partial charge in [-0.15, -0.1) is 11.3 Å². The minimum atomic E-state index is -0.420. The van der Waals surface area contributed by atoms with E-state index in [2.05, 4.69) is 15.8 Å². The number of nitrogens with zero attached hydrogens (tertiary/aromatic N) is 1. The third-order valence-corrected chi connectivity index (χ3v) is 4.74. The highest BCUT2D eigenvalue weighted by molar-refractivity contribution is 7.13. The SMILES string of the molecule is COCc1cccc(C(=O)NNC(=O)Cc2csc(-c3ccc(F)cc3)n2)c1. The number of hydrogen-bond donors (Lipinski definition) is 2. The van der Waals surface area contributed by atoms with Crippen LogP contribution in [0.5, 0.6) is 0 Å². The van der Waals surface area contributed by atoms with E-state index in [9.17, 15) is 14.0 Å². The van der Waals surface area contributed by atoms with Crippen LogP contribution in [0, 0.1) is 5.82 Å². The molecule has 0 fully saturated rings. The van der Waals surface area contributed by atoms with Gasteiger partial charge in [-0.2, -0.15) is 0 Å². The van der Waals surface area contributed by atoms with Crippen LogP contribution in [0.3, 0.4) is 0 Å². The zero-order chi connectivity index (χ0) is 19.9. The third-order valence-electron chi connectivity index (χ3n) is 3.80.